The molecule has 0 fully saturated rings. The van der Waals surface area contributed by atoms with E-state index < -0.39 is 6.97 Å². The summed E-state index contributed by atoms with van der Waals surface area (Å²) in [6, 6.07) is 0. The molecular formula is C21H29BF2I2N2. The Kier molecular flexibility index (Phi) is 6.84. The fraction of sp³-hybridized carbons (Fsp3) is 0.571. The Morgan fingerprint density at radius 1 is 0.964 bits per heavy atom. The first-order chi connectivity index (χ1) is 13.2. The van der Waals surface area contributed by atoms with Gasteiger partial charge in [-0.15, -0.1) is 0 Å². The number of halogens is 4. The van der Waals surface area contributed by atoms with Gasteiger partial charge in [-0.1, -0.05) is 39.0 Å². The third kappa shape index (κ3) is 3.46. The van der Waals surface area contributed by atoms with Crippen LogP contribution in [0.25, 0.3) is 5.57 Å². The van der Waals surface area contributed by atoms with Crippen molar-refractivity contribution in [2.45, 2.75) is 79.6 Å². The number of unbranched alkanes of at least 4 members (excludes halogenated alkanes) is 5. The van der Waals surface area contributed by atoms with Crippen molar-refractivity contribution in [2.24, 2.45) is 0 Å². The summed E-state index contributed by atoms with van der Waals surface area (Å²) in [7, 11) is 0. The highest BCUT2D eigenvalue weighted by Gasteiger charge is 2.56. The molecule has 0 unspecified atom stereocenters. The number of rotatable bonds is 7. The zero-order chi connectivity index (χ0) is 20.8. The van der Waals surface area contributed by atoms with Gasteiger partial charge in [0.1, 0.15) is 5.71 Å². The van der Waals surface area contributed by atoms with Crippen LogP contribution in [0, 0.1) is 17.4 Å². The van der Waals surface area contributed by atoms with Crippen LogP contribution in [0.3, 0.4) is 0 Å². The average Bonchev–Trinajstić information content (AvgIpc) is 3.02. The van der Waals surface area contributed by atoms with E-state index in [1.54, 1.807) is 0 Å². The zero-order valence-corrected chi connectivity index (χ0v) is 21.7. The summed E-state index contributed by atoms with van der Waals surface area (Å²) in [5.41, 5.74) is 6.01. The Bertz CT molecular complexity index is 910. The first kappa shape index (κ1) is 22.5. The van der Waals surface area contributed by atoms with Gasteiger partial charge < -0.3 is 17.6 Å². The minimum atomic E-state index is -3.87. The molecule has 0 spiro atoms. The lowest BCUT2D eigenvalue weighted by Crippen LogP contribution is -2.51. The minimum absolute atomic E-state index is 0.685. The molecule has 0 radical (unpaired) electrons. The highest BCUT2D eigenvalue weighted by molar-refractivity contribution is 14.1. The molecule has 2 aliphatic rings. The third-order valence-corrected chi connectivity index (χ3v) is 9.36. The van der Waals surface area contributed by atoms with Crippen LogP contribution >= 0.6 is 45.2 Å². The summed E-state index contributed by atoms with van der Waals surface area (Å²) in [5, 5.41) is 0. The maximum atomic E-state index is 15.8. The molecule has 0 saturated carbocycles. The number of nitrogens with zero attached hydrogens (tertiary/aromatic N) is 2. The maximum Gasteiger partial charge on any atom is 0.737 e. The van der Waals surface area contributed by atoms with Crippen molar-refractivity contribution in [1.82, 2.24) is 4.48 Å². The summed E-state index contributed by atoms with van der Waals surface area (Å²) in [6.07, 6.45) is 8.10. The monoisotopic (exact) mass is 612 g/mol. The maximum absolute atomic E-state index is 15.8. The second-order valence-corrected chi connectivity index (χ2v) is 10.2. The first-order valence-corrected chi connectivity index (χ1v) is 12.4. The van der Waals surface area contributed by atoms with Gasteiger partial charge in [-0.3, -0.25) is 0 Å². The lowest BCUT2D eigenvalue weighted by Gasteiger charge is -2.33. The standard InChI is InChI=1S/C21H29BF2I2N2/c1-6-7-8-9-10-11-12-17-20-13(2)18(25)15(4)27(20)22(23,24)28-16(5)19(26)14(3)21(17)28/h6-12H2,1-5H3. The van der Waals surface area contributed by atoms with Gasteiger partial charge in [0.25, 0.3) is 0 Å². The molecule has 7 heteroatoms. The molecule has 1 aromatic rings. The molecule has 154 valence electrons. The quantitative estimate of drug-likeness (QED) is 0.170. The molecule has 0 N–H and O–H groups in total. The van der Waals surface area contributed by atoms with E-state index >= 15 is 8.63 Å². The number of fused-ring (bicyclic) bond motifs is 2. The van der Waals surface area contributed by atoms with Crippen molar-refractivity contribution >= 4 is 63.4 Å². The highest BCUT2D eigenvalue weighted by Crippen LogP contribution is 2.46. The van der Waals surface area contributed by atoms with Gasteiger partial charge in [-0.2, -0.15) is 0 Å². The molecule has 0 bridgehead atoms. The van der Waals surface area contributed by atoms with Gasteiger partial charge >= 0.3 is 6.97 Å². The number of aromatic nitrogens is 1. The topological polar surface area (TPSA) is 7.94 Å². The van der Waals surface area contributed by atoms with Gasteiger partial charge in [0.15, 0.2) is 5.70 Å². The molecule has 3 heterocycles. The summed E-state index contributed by atoms with van der Waals surface area (Å²) < 4.78 is 36.2. The molecule has 0 saturated heterocycles. The van der Waals surface area contributed by atoms with Crippen LogP contribution in [0.4, 0.5) is 8.63 Å². The second-order valence-electron chi connectivity index (χ2n) is 8.07. The first-order valence-electron chi connectivity index (χ1n) is 10.3. The SMILES string of the molecule is CCCCCCCCC1=C2C(C)=C(I)C(C)=[N+]2[B-](F)(F)n2c(C)c(I)c(C)c21. The van der Waals surface area contributed by atoms with Gasteiger partial charge in [-0.05, 0) is 90.1 Å². The molecule has 0 atom stereocenters. The van der Waals surface area contributed by atoms with Crippen molar-refractivity contribution in [1.29, 1.82) is 0 Å². The fourth-order valence-electron chi connectivity index (χ4n) is 4.73. The second kappa shape index (κ2) is 8.51. The fourth-order valence-corrected chi connectivity index (χ4v) is 5.76. The summed E-state index contributed by atoms with van der Waals surface area (Å²) in [5.74, 6) is 0. The Hall–Kier alpha value is -0.185. The summed E-state index contributed by atoms with van der Waals surface area (Å²) >= 11 is 4.46. The van der Waals surface area contributed by atoms with Crippen LogP contribution in [0.5, 0.6) is 0 Å². The zero-order valence-electron chi connectivity index (χ0n) is 17.4. The number of allylic oxidation sites excluding steroid dienone is 3. The van der Waals surface area contributed by atoms with Crippen molar-refractivity contribution in [3.63, 3.8) is 0 Å². The number of hydrogen-bond donors (Lipinski definition) is 0. The summed E-state index contributed by atoms with van der Waals surface area (Å²) in [6.45, 7) is 6.01. The molecule has 0 amide bonds. The predicted molar refractivity (Wildman–Crippen MR) is 133 cm³/mol. The Morgan fingerprint density at radius 3 is 2.21 bits per heavy atom. The molecule has 0 aromatic carbocycles. The van der Waals surface area contributed by atoms with Gasteiger partial charge in [0.05, 0.1) is 3.58 Å². The molecule has 0 aliphatic carbocycles. The molecule has 1 aromatic heterocycles. The molecule has 3 rings (SSSR count). The van der Waals surface area contributed by atoms with Crippen molar-refractivity contribution < 1.29 is 13.1 Å². The van der Waals surface area contributed by atoms with Gasteiger partial charge in [0, 0.05) is 27.3 Å². The Balaban J connectivity index is 2.10. The van der Waals surface area contributed by atoms with Crippen molar-refractivity contribution in [3.05, 3.63) is 35.4 Å². The molecule has 28 heavy (non-hydrogen) atoms. The van der Waals surface area contributed by atoms with E-state index in [9.17, 15) is 0 Å². The van der Waals surface area contributed by atoms with E-state index in [0.29, 0.717) is 11.4 Å². The van der Waals surface area contributed by atoms with E-state index in [2.05, 4.69) is 52.1 Å². The van der Waals surface area contributed by atoms with Crippen LogP contribution in [-0.4, -0.2) is 21.6 Å². The Labute approximate surface area is 194 Å². The van der Waals surface area contributed by atoms with Crippen molar-refractivity contribution in [2.75, 3.05) is 0 Å². The number of hydrogen-bond acceptors (Lipinski definition) is 0. The Morgan fingerprint density at radius 2 is 1.57 bits per heavy atom. The highest BCUT2D eigenvalue weighted by atomic mass is 127. The molecule has 2 aliphatic heterocycles. The smallest absolute Gasteiger partial charge is 0.393 e. The largest absolute Gasteiger partial charge is 0.737 e. The normalized spacial score (nSPS) is 18.3. The van der Waals surface area contributed by atoms with E-state index in [0.717, 1.165) is 54.5 Å². The third-order valence-electron chi connectivity index (χ3n) is 6.18. The molecular weight excluding hydrogens is 583 g/mol. The average molecular weight is 612 g/mol. The van der Waals surface area contributed by atoms with Crippen LogP contribution in [0.1, 0.15) is 82.7 Å². The van der Waals surface area contributed by atoms with Gasteiger partial charge in [-0.25, -0.2) is 0 Å². The van der Waals surface area contributed by atoms with Crippen LogP contribution in [-0.2, 0) is 0 Å². The van der Waals surface area contributed by atoms with Gasteiger partial charge in [0.2, 0.25) is 0 Å². The van der Waals surface area contributed by atoms with Crippen molar-refractivity contribution in [3.8, 4) is 0 Å². The lowest BCUT2D eigenvalue weighted by atomic mass is 9.84. The predicted octanol–water partition coefficient (Wildman–Crippen LogP) is 7.60. The minimum Gasteiger partial charge on any atom is -0.393 e. The van der Waals surface area contributed by atoms with Crippen LogP contribution < -0.4 is 0 Å². The van der Waals surface area contributed by atoms with Crippen LogP contribution in [0.2, 0.25) is 0 Å². The van der Waals surface area contributed by atoms with Crippen LogP contribution in [0.15, 0.2) is 14.8 Å². The van der Waals surface area contributed by atoms with E-state index in [-0.39, 0.29) is 0 Å². The molecule has 2 nitrogen and oxygen atoms in total. The van der Waals surface area contributed by atoms with E-state index in [1.165, 1.54) is 34.6 Å². The van der Waals surface area contributed by atoms with E-state index in [4.69, 9.17) is 0 Å². The van der Waals surface area contributed by atoms with E-state index in [1.807, 2.05) is 27.7 Å². The summed E-state index contributed by atoms with van der Waals surface area (Å²) in [4.78, 5) is 0. The lowest BCUT2D eigenvalue weighted by molar-refractivity contribution is -0.363.